The van der Waals surface area contributed by atoms with Gasteiger partial charge in [-0.2, -0.15) is 12.7 Å². The van der Waals surface area contributed by atoms with Gasteiger partial charge >= 0.3 is 10.2 Å². The van der Waals surface area contributed by atoms with Crippen molar-refractivity contribution in [3.63, 3.8) is 0 Å². The van der Waals surface area contributed by atoms with E-state index >= 15 is 0 Å². The second-order valence-electron chi connectivity index (χ2n) is 4.03. The molecule has 1 saturated heterocycles. The third kappa shape index (κ3) is 3.41. The fourth-order valence-electron chi connectivity index (χ4n) is 1.78. The van der Waals surface area contributed by atoms with E-state index in [9.17, 15) is 8.42 Å². The smallest absolute Gasteiger partial charge is 0.301 e. The Morgan fingerprint density at radius 1 is 1.32 bits per heavy atom. The Labute approximate surface area is 117 Å². The maximum atomic E-state index is 12.2. The van der Waals surface area contributed by atoms with Crippen LogP contribution >= 0.6 is 12.2 Å². The van der Waals surface area contributed by atoms with Crippen molar-refractivity contribution in [2.45, 2.75) is 0 Å². The second kappa shape index (κ2) is 5.83. The van der Waals surface area contributed by atoms with E-state index in [2.05, 4.69) is 4.72 Å². The first-order valence-electron chi connectivity index (χ1n) is 5.75. The van der Waals surface area contributed by atoms with Crippen LogP contribution in [0.4, 0.5) is 5.69 Å². The van der Waals surface area contributed by atoms with Gasteiger partial charge in [-0.25, -0.2) is 0 Å². The molecule has 3 N–H and O–H groups in total. The average molecular weight is 301 g/mol. The second-order valence-corrected chi connectivity index (χ2v) is 6.14. The van der Waals surface area contributed by atoms with Gasteiger partial charge < -0.3 is 10.5 Å². The minimum atomic E-state index is -3.60. The van der Waals surface area contributed by atoms with Crippen molar-refractivity contribution in [2.75, 3.05) is 31.0 Å². The highest BCUT2D eigenvalue weighted by molar-refractivity contribution is 7.90. The summed E-state index contributed by atoms with van der Waals surface area (Å²) in [7, 11) is -3.60. The molecule has 0 aliphatic carbocycles. The van der Waals surface area contributed by atoms with E-state index < -0.39 is 10.2 Å². The minimum absolute atomic E-state index is 0.153. The summed E-state index contributed by atoms with van der Waals surface area (Å²) in [6.07, 6.45) is 0. The first-order chi connectivity index (χ1) is 9.00. The topological polar surface area (TPSA) is 84.7 Å². The molecule has 104 valence electrons. The number of thiocarbonyl (C=S) groups is 1. The number of para-hydroxylation sites is 1. The van der Waals surface area contributed by atoms with E-state index in [1.54, 1.807) is 24.3 Å². The van der Waals surface area contributed by atoms with E-state index in [-0.39, 0.29) is 4.99 Å². The highest BCUT2D eigenvalue weighted by Gasteiger charge is 2.24. The molecule has 0 saturated carbocycles. The monoisotopic (exact) mass is 301 g/mol. The van der Waals surface area contributed by atoms with Crippen LogP contribution in [0.2, 0.25) is 0 Å². The maximum Gasteiger partial charge on any atom is 0.301 e. The highest BCUT2D eigenvalue weighted by Crippen LogP contribution is 2.18. The van der Waals surface area contributed by atoms with Gasteiger partial charge in [0.15, 0.2) is 0 Å². The van der Waals surface area contributed by atoms with Crippen LogP contribution in [0.15, 0.2) is 24.3 Å². The summed E-state index contributed by atoms with van der Waals surface area (Å²) in [6.45, 7) is 1.48. The SMILES string of the molecule is NC(=S)c1ccccc1NS(=O)(=O)N1CCOCC1. The van der Waals surface area contributed by atoms with Gasteiger partial charge in [0.25, 0.3) is 0 Å². The van der Waals surface area contributed by atoms with Gasteiger partial charge in [0.2, 0.25) is 0 Å². The van der Waals surface area contributed by atoms with E-state index in [1.165, 1.54) is 4.31 Å². The predicted molar refractivity (Wildman–Crippen MR) is 77.3 cm³/mol. The molecule has 1 aliphatic rings. The van der Waals surface area contributed by atoms with Crippen molar-refractivity contribution >= 4 is 33.1 Å². The fourth-order valence-corrected chi connectivity index (χ4v) is 3.17. The van der Waals surface area contributed by atoms with Gasteiger partial charge in [0, 0.05) is 18.7 Å². The Morgan fingerprint density at radius 3 is 2.58 bits per heavy atom. The molecule has 1 aromatic carbocycles. The molecule has 8 heteroatoms. The zero-order valence-electron chi connectivity index (χ0n) is 10.2. The molecule has 0 bridgehead atoms. The molecule has 1 heterocycles. The number of morpholine rings is 1. The third-order valence-electron chi connectivity index (χ3n) is 2.74. The van der Waals surface area contributed by atoms with Crippen LogP contribution in [0.25, 0.3) is 0 Å². The van der Waals surface area contributed by atoms with Gasteiger partial charge in [-0.3, -0.25) is 4.72 Å². The van der Waals surface area contributed by atoms with Crippen molar-refractivity contribution in [3.05, 3.63) is 29.8 Å². The average Bonchev–Trinajstić information content (AvgIpc) is 2.39. The van der Waals surface area contributed by atoms with Crippen LogP contribution in [-0.2, 0) is 14.9 Å². The van der Waals surface area contributed by atoms with E-state index in [0.717, 1.165) is 0 Å². The van der Waals surface area contributed by atoms with Gasteiger partial charge in [0.05, 0.1) is 18.9 Å². The van der Waals surface area contributed by atoms with Crippen LogP contribution < -0.4 is 10.5 Å². The lowest BCUT2D eigenvalue weighted by atomic mass is 10.2. The Kier molecular flexibility index (Phi) is 4.35. The molecular formula is C11H15N3O3S2. The number of hydrogen-bond acceptors (Lipinski definition) is 4. The van der Waals surface area contributed by atoms with Gasteiger partial charge in [-0.1, -0.05) is 24.4 Å². The molecule has 1 fully saturated rings. The summed E-state index contributed by atoms with van der Waals surface area (Å²) in [5.41, 5.74) is 6.47. The lowest BCUT2D eigenvalue weighted by molar-refractivity contribution is 0.0733. The van der Waals surface area contributed by atoms with Crippen molar-refractivity contribution < 1.29 is 13.2 Å². The van der Waals surface area contributed by atoms with Crippen molar-refractivity contribution in [3.8, 4) is 0 Å². The number of nitrogens with one attached hydrogen (secondary N) is 1. The molecule has 1 aromatic rings. The van der Waals surface area contributed by atoms with Crippen molar-refractivity contribution in [2.24, 2.45) is 5.73 Å². The number of nitrogens with two attached hydrogens (primary N) is 1. The van der Waals surface area contributed by atoms with E-state index in [0.29, 0.717) is 37.6 Å². The molecule has 0 aromatic heterocycles. The number of rotatable bonds is 4. The maximum absolute atomic E-state index is 12.2. The van der Waals surface area contributed by atoms with Crippen LogP contribution in [0.1, 0.15) is 5.56 Å². The summed E-state index contributed by atoms with van der Waals surface area (Å²) in [6, 6.07) is 6.78. The Balaban J connectivity index is 2.22. The molecule has 2 rings (SSSR count). The zero-order chi connectivity index (χ0) is 13.9. The van der Waals surface area contributed by atoms with Crippen LogP contribution in [-0.4, -0.2) is 44.0 Å². The number of anilines is 1. The van der Waals surface area contributed by atoms with E-state index in [1.807, 2.05) is 0 Å². The third-order valence-corrected chi connectivity index (χ3v) is 4.48. The summed E-state index contributed by atoms with van der Waals surface area (Å²) >= 11 is 4.90. The van der Waals surface area contributed by atoms with Crippen LogP contribution in [0, 0.1) is 0 Å². The quantitative estimate of drug-likeness (QED) is 0.782. The molecule has 6 nitrogen and oxygen atoms in total. The highest BCUT2D eigenvalue weighted by atomic mass is 32.2. The zero-order valence-corrected chi connectivity index (χ0v) is 11.8. The first kappa shape index (κ1) is 14.2. The summed E-state index contributed by atoms with van der Waals surface area (Å²) < 4.78 is 33.4. The molecule has 0 spiro atoms. The van der Waals surface area contributed by atoms with Crippen molar-refractivity contribution in [1.82, 2.24) is 4.31 Å². The largest absolute Gasteiger partial charge is 0.389 e. The standard InChI is InChI=1S/C11H15N3O3S2/c12-11(18)9-3-1-2-4-10(9)13-19(15,16)14-5-7-17-8-6-14/h1-4,13H,5-8H2,(H2,12,18). The lowest BCUT2D eigenvalue weighted by Gasteiger charge is -2.26. The molecule has 0 atom stereocenters. The first-order valence-corrected chi connectivity index (χ1v) is 7.60. The Morgan fingerprint density at radius 2 is 1.95 bits per heavy atom. The van der Waals surface area contributed by atoms with Gasteiger partial charge in [0.1, 0.15) is 4.99 Å². The van der Waals surface area contributed by atoms with Gasteiger partial charge in [-0.05, 0) is 12.1 Å². The number of hydrogen-bond donors (Lipinski definition) is 2. The Bertz CT molecular complexity index is 568. The molecule has 0 amide bonds. The molecule has 0 radical (unpaired) electrons. The normalized spacial score (nSPS) is 17.1. The Hall–Kier alpha value is -1.22. The summed E-state index contributed by atoms with van der Waals surface area (Å²) in [4.78, 5) is 0.153. The predicted octanol–water partition coefficient (Wildman–Crippen LogP) is 0.310. The van der Waals surface area contributed by atoms with Crippen LogP contribution in [0.5, 0.6) is 0 Å². The molecule has 0 unspecified atom stereocenters. The number of ether oxygens (including phenoxy) is 1. The molecular weight excluding hydrogens is 286 g/mol. The summed E-state index contributed by atoms with van der Waals surface area (Å²) in [5, 5.41) is 0. The molecule has 1 aliphatic heterocycles. The number of benzene rings is 1. The molecule has 19 heavy (non-hydrogen) atoms. The lowest BCUT2D eigenvalue weighted by Crippen LogP contribution is -2.43. The van der Waals surface area contributed by atoms with Crippen LogP contribution in [0.3, 0.4) is 0 Å². The van der Waals surface area contributed by atoms with Gasteiger partial charge in [-0.15, -0.1) is 0 Å². The fraction of sp³-hybridized carbons (Fsp3) is 0.364. The minimum Gasteiger partial charge on any atom is -0.389 e. The van der Waals surface area contributed by atoms with Crippen molar-refractivity contribution in [1.29, 1.82) is 0 Å². The summed E-state index contributed by atoms with van der Waals surface area (Å²) in [5.74, 6) is 0. The number of nitrogens with zero attached hydrogens (tertiary/aromatic N) is 1. The van der Waals surface area contributed by atoms with E-state index in [4.69, 9.17) is 22.7 Å².